The van der Waals surface area contributed by atoms with Gasteiger partial charge < -0.3 is 5.32 Å². The van der Waals surface area contributed by atoms with Crippen LogP contribution in [0.3, 0.4) is 0 Å². The first-order chi connectivity index (χ1) is 7.77. The van der Waals surface area contributed by atoms with Gasteiger partial charge in [-0.3, -0.25) is 0 Å². The maximum atomic E-state index is 3.66. The van der Waals surface area contributed by atoms with Gasteiger partial charge in [-0.15, -0.1) is 0 Å². The van der Waals surface area contributed by atoms with E-state index in [9.17, 15) is 0 Å². The second kappa shape index (κ2) is 6.05. The molecule has 0 bridgehead atoms. The molecule has 0 aromatic rings. The highest BCUT2D eigenvalue weighted by Gasteiger charge is 2.36. The largest absolute Gasteiger partial charge is 0.316 e. The third-order valence-corrected chi connectivity index (χ3v) is 4.69. The molecule has 2 aliphatic carbocycles. The van der Waals surface area contributed by atoms with Gasteiger partial charge in [0, 0.05) is 0 Å². The summed E-state index contributed by atoms with van der Waals surface area (Å²) in [5, 5.41) is 3.66. The molecule has 0 saturated heterocycles. The van der Waals surface area contributed by atoms with E-state index in [-0.39, 0.29) is 0 Å². The summed E-state index contributed by atoms with van der Waals surface area (Å²) >= 11 is 0. The Morgan fingerprint density at radius 2 is 1.75 bits per heavy atom. The monoisotopic (exact) mass is 223 g/mol. The van der Waals surface area contributed by atoms with Crippen molar-refractivity contribution in [3.63, 3.8) is 0 Å². The van der Waals surface area contributed by atoms with E-state index in [1.165, 1.54) is 58.0 Å². The summed E-state index contributed by atoms with van der Waals surface area (Å²) in [6.07, 6.45) is 10.6. The van der Waals surface area contributed by atoms with Crippen molar-refractivity contribution in [3.05, 3.63) is 0 Å². The molecule has 2 saturated carbocycles. The Balaban J connectivity index is 1.66. The van der Waals surface area contributed by atoms with Gasteiger partial charge in [0.15, 0.2) is 0 Å². The van der Waals surface area contributed by atoms with Crippen LogP contribution in [0, 0.1) is 23.7 Å². The first-order valence-electron chi connectivity index (χ1n) is 7.48. The van der Waals surface area contributed by atoms with Crippen molar-refractivity contribution in [1.29, 1.82) is 0 Å². The summed E-state index contributed by atoms with van der Waals surface area (Å²) in [6.45, 7) is 7.09. The van der Waals surface area contributed by atoms with Crippen LogP contribution in [0.15, 0.2) is 0 Å². The lowest BCUT2D eigenvalue weighted by Gasteiger charge is -2.44. The minimum Gasteiger partial charge on any atom is -0.316 e. The van der Waals surface area contributed by atoms with Crippen molar-refractivity contribution in [2.45, 2.75) is 58.8 Å². The fourth-order valence-corrected chi connectivity index (χ4v) is 3.59. The molecule has 2 aliphatic rings. The molecule has 2 rings (SSSR count). The van der Waals surface area contributed by atoms with Gasteiger partial charge in [0.1, 0.15) is 0 Å². The molecule has 2 unspecified atom stereocenters. The standard InChI is InChI=1S/C15H29N/c1-12(2)10-16-11-14-8-9-15(14)13-6-4-3-5-7-13/h12-16H,3-11H2,1-2H3. The van der Waals surface area contributed by atoms with Crippen LogP contribution in [-0.2, 0) is 0 Å². The van der Waals surface area contributed by atoms with Gasteiger partial charge in [-0.2, -0.15) is 0 Å². The SMILES string of the molecule is CC(C)CNCC1CCC1C1CCCCC1. The molecule has 0 radical (unpaired) electrons. The first kappa shape index (κ1) is 12.4. The number of rotatable bonds is 5. The zero-order chi connectivity index (χ0) is 11.4. The van der Waals surface area contributed by atoms with Crippen LogP contribution < -0.4 is 5.32 Å². The topological polar surface area (TPSA) is 12.0 Å². The predicted octanol–water partition coefficient (Wildman–Crippen LogP) is 3.84. The third-order valence-electron chi connectivity index (χ3n) is 4.69. The van der Waals surface area contributed by atoms with Gasteiger partial charge in [0.2, 0.25) is 0 Å². The van der Waals surface area contributed by atoms with Crippen LogP contribution in [-0.4, -0.2) is 13.1 Å². The molecule has 0 spiro atoms. The van der Waals surface area contributed by atoms with Crippen LogP contribution in [0.2, 0.25) is 0 Å². The zero-order valence-corrected chi connectivity index (χ0v) is 11.2. The Labute approximate surface area is 101 Å². The number of nitrogens with one attached hydrogen (secondary N) is 1. The van der Waals surface area contributed by atoms with Crippen LogP contribution >= 0.6 is 0 Å². The zero-order valence-electron chi connectivity index (χ0n) is 11.2. The van der Waals surface area contributed by atoms with Gasteiger partial charge in [0.05, 0.1) is 0 Å². The summed E-state index contributed by atoms with van der Waals surface area (Å²) in [5.74, 6) is 3.99. The minimum absolute atomic E-state index is 0.799. The first-order valence-corrected chi connectivity index (χ1v) is 7.48. The van der Waals surface area contributed by atoms with Gasteiger partial charge in [-0.1, -0.05) is 46.0 Å². The molecule has 2 atom stereocenters. The molecule has 0 aromatic heterocycles. The molecule has 1 N–H and O–H groups in total. The van der Waals surface area contributed by atoms with E-state index in [1.807, 2.05) is 0 Å². The van der Waals surface area contributed by atoms with Gasteiger partial charge in [-0.25, -0.2) is 0 Å². The second-order valence-electron chi connectivity index (χ2n) is 6.45. The van der Waals surface area contributed by atoms with Crippen molar-refractivity contribution in [2.24, 2.45) is 23.7 Å². The molecular weight excluding hydrogens is 194 g/mol. The highest BCUT2D eigenvalue weighted by atomic mass is 14.9. The Bertz CT molecular complexity index is 194. The van der Waals surface area contributed by atoms with Crippen molar-refractivity contribution < 1.29 is 0 Å². The third kappa shape index (κ3) is 3.23. The van der Waals surface area contributed by atoms with Crippen LogP contribution in [0.4, 0.5) is 0 Å². The molecule has 0 heterocycles. The quantitative estimate of drug-likeness (QED) is 0.747. The van der Waals surface area contributed by atoms with E-state index in [0.717, 1.165) is 23.7 Å². The summed E-state index contributed by atoms with van der Waals surface area (Å²) < 4.78 is 0. The fraction of sp³-hybridized carbons (Fsp3) is 1.00. The molecule has 1 nitrogen and oxygen atoms in total. The van der Waals surface area contributed by atoms with Crippen LogP contribution in [0.5, 0.6) is 0 Å². The Kier molecular flexibility index (Phi) is 4.69. The Morgan fingerprint density at radius 1 is 1.00 bits per heavy atom. The Morgan fingerprint density at radius 3 is 2.31 bits per heavy atom. The van der Waals surface area contributed by atoms with Crippen LogP contribution in [0.25, 0.3) is 0 Å². The second-order valence-corrected chi connectivity index (χ2v) is 6.45. The highest BCUT2D eigenvalue weighted by Crippen LogP contribution is 2.44. The van der Waals surface area contributed by atoms with Crippen molar-refractivity contribution in [3.8, 4) is 0 Å². The smallest absolute Gasteiger partial charge is 0.00177 e. The molecule has 0 aromatic carbocycles. The molecule has 16 heavy (non-hydrogen) atoms. The molecule has 1 heteroatoms. The summed E-state index contributed by atoms with van der Waals surface area (Å²) in [7, 11) is 0. The normalized spacial score (nSPS) is 31.7. The lowest BCUT2D eigenvalue weighted by Crippen LogP contribution is -2.40. The maximum absolute atomic E-state index is 3.66. The van der Waals surface area contributed by atoms with E-state index in [1.54, 1.807) is 0 Å². The van der Waals surface area contributed by atoms with Crippen molar-refractivity contribution >= 4 is 0 Å². The average Bonchev–Trinajstić information content (AvgIpc) is 2.24. The molecule has 94 valence electrons. The lowest BCUT2D eigenvalue weighted by atomic mass is 9.63. The lowest BCUT2D eigenvalue weighted by molar-refractivity contribution is 0.0782. The minimum atomic E-state index is 0.799. The number of hydrogen-bond donors (Lipinski definition) is 1. The average molecular weight is 223 g/mol. The highest BCUT2D eigenvalue weighted by molar-refractivity contribution is 4.88. The van der Waals surface area contributed by atoms with E-state index >= 15 is 0 Å². The van der Waals surface area contributed by atoms with E-state index in [2.05, 4.69) is 19.2 Å². The van der Waals surface area contributed by atoms with Crippen LogP contribution in [0.1, 0.15) is 58.8 Å². The maximum Gasteiger partial charge on any atom is -0.00177 e. The van der Waals surface area contributed by atoms with Gasteiger partial charge in [-0.05, 0) is 49.6 Å². The summed E-state index contributed by atoms with van der Waals surface area (Å²) in [6, 6.07) is 0. The van der Waals surface area contributed by atoms with E-state index < -0.39 is 0 Å². The Hall–Kier alpha value is -0.0400. The summed E-state index contributed by atoms with van der Waals surface area (Å²) in [4.78, 5) is 0. The van der Waals surface area contributed by atoms with Crippen molar-refractivity contribution in [2.75, 3.05) is 13.1 Å². The van der Waals surface area contributed by atoms with Gasteiger partial charge in [0.25, 0.3) is 0 Å². The van der Waals surface area contributed by atoms with E-state index in [0.29, 0.717) is 0 Å². The van der Waals surface area contributed by atoms with Crippen molar-refractivity contribution in [1.82, 2.24) is 5.32 Å². The van der Waals surface area contributed by atoms with Gasteiger partial charge >= 0.3 is 0 Å². The predicted molar refractivity (Wildman–Crippen MR) is 70.5 cm³/mol. The molecule has 0 amide bonds. The molecular formula is C15H29N. The van der Waals surface area contributed by atoms with E-state index in [4.69, 9.17) is 0 Å². The number of hydrogen-bond acceptors (Lipinski definition) is 1. The fourth-order valence-electron chi connectivity index (χ4n) is 3.59. The summed E-state index contributed by atoms with van der Waals surface area (Å²) in [5.41, 5.74) is 0. The molecule has 2 fully saturated rings. The molecule has 0 aliphatic heterocycles.